The van der Waals surface area contributed by atoms with Crippen LogP contribution >= 0.6 is 11.6 Å². The molecule has 0 N–H and O–H groups in total. The van der Waals surface area contributed by atoms with Crippen LogP contribution in [0.4, 0.5) is 5.82 Å². The summed E-state index contributed by atoms with van der Waals surface area (Å²) in [6.07, 6.45) is 8.47. The predicted molar refractivity (Wildman–Crippen MR) is 86.7 cm³/mol. The standard InChI is InChI=1S/C17H21ClN2/c18-11-13-20(15-7-2-1-3-8-15)17-16-9-5-4-6-14(16)10-12-19-17/h4-6,9-10,12,15H,1-3,7-8,11,13H2. The van der Waals surface area contributed by atoms with E-state index in [4.69, 9.17) is 11.6 Å². The molecule has 1 fully saturated rings. The van der Waals surface area contributed by atoms with Crippen molar-refractivity contribution in [2.24, 2.45) is 0 Å². The molecule has 0 amide bonds. The highest BCUT2D eigenvalue weighted by atomic mass is 35.5. The molecule has 0 saturated heterocycles. The van der Waals surface area contributed by atoms with Crippen LogP contribution in [0.3, 0.4) is 0 Å². The van der Waals surface area contributed by atoms with Gasteiger partial charge in [0.25, 0.3) is 0 Å². The Morgan fingerprint density at radius 3 is 2.70 bits per heavy atom. The van der Waals surface area contributed by atoms with Crippen molar-refractivity contribution in [3.8, 4) is 0 Å². The van der Waals surface area contributed by atoms with Crippen LogP contribution in [0, 0.1) is 0 Å². The lowest BCUT2D eigenvalue weighted by atomic mass is 9.94. The summed E-state index contributed by atoms with van der Waals surface area (Å²) in [5.74, 6) is 1.76. The van der Waals surface area contributed by atoms with Gasteiger partial charge in [0, 0.05) is 30.0 Å². The Morgan fingerprint density at radius 1 is 1.10 bits per heavy atom. The summed E-state index contributed by atoms with van der Waals surface area (Å²) < 4.78 is 0. The first-order chi connectivity index (χ1) is 9.90. The van der Waals surface area contributed by atoms with E-state index in [1.54, 1.807) is 0 Å². The van der Waals surface area contributed by atoms with Crippen LogP contribution in [0.15, 0.2) is 36.5 Å². The zero-order valence-corrected chi connectivity index (χ0v) is 12.5. The molecule has 2 nitrogen and oxygen atoms in total. The third kappa shape index (κ3) is 2.76. The van der Waals surface area contributed by atoms with Gasteiger partial charge in [0.1, 0.15) is 5.82 Å². The molecule has 1 aliphatic rings. The van der Waals surface area contributed by atoms with Crippen molar-refractivity contribution in [2.75, 3.05) is 17.3 Å². The summed E-state index contributed by atoms with van der Waals surface area (Å²) in [6.45, 7) is 0.882. The van der Waals surface area contributed by atoms with Crippen molar-refractivity contribution < 1.29 is 0 Å². The van der Waals surface area contributed by atoms with E-state index in [2.05, 4.69) is 40.2 Å². The van der Waals surface area contributed by atoms with E-state index in [0.29, 0.717) is 11.9 Å². The smallest absolute Gasteiger partial charge is 0.136 e. The normalized spacial score (nSPS) is 16.4. The number of anilines is 1. The Kier molecular flexibility index (Phi) is 4.41. The Bertz CT molecular complexity index is 558. The van der Waals surface area contributed by atoms with E-state index in [0.717, 1.165) is 12.4 Å². The van der Waals surface area contributed by atoms with E-state index >= 15 is 0 Å². The first kappa shape index (κ1) is 13.7. The molecule has 0 aliphatic heterocycles. The van der Waals surface area contributed by atoms with Gasteiger partial charge in [-0.2, -0.15) is 0 Å². The summed E-state index contributed by atoms with van der Waals surface area (Å²) in [5, 5.41) is 2.50. The molecule has 0 bridgehead atoms. The van der Waals surface area contributed by atoms with Gasteiger partial charge < -0.3 is 4.90 Å². The predicted octanol–water partition coefficient (Wildman–Crippen LogP) is 4.61. The van der Waals surface area contributed by atoms with Crippen molar-refractivity contribution in [2.45, 2.75) is 38.1 Å². The van der Waals surface area contributed by atoms with Gasteiger partial charge in [-0.05, 0) is 24.3 Å². The minimum absolute atomic E-state index is 0.598. The zero-order chi connectivity index (χ0) is 13.8. The lowest BCUT2D eigenvalue weighted by molar-refractivity contribution is 0.417. The van der Waals surface area contributed by atoms with E-state index in [9.17, 15) is 0 Å². The summed E-state index contributed by atoms with van der Waals surface area (Å²) >= 11 is 6.05. The third-order valence-electron chi connectivity index (χ3n) is 4.27. The molecule has 0 unspecified atom stereocenters. The minimum Gasteiger partial charge on any atom is -0.352 e. The number of fused-ring (bicyclic) bond motifs is 1. The SMILES string of the molecule is ClCCN(c1nccc2ccccc12)C1CCCCC1. The first-order valence-electron chi connectivity index (χ1n) is 7.56. The molecule has 1 aliphatic carbocycles. The molecular weight excluding hydrogens is 268 g/mol. The molecule has 0 radical (unpaired) electrons. The number of halogens is 1. The number of pyridine rings is 1. The van der Waals surface area contributed by atoms with Crippen LogP contribution in [0.1, 0.15) is 32.1 Å². The molecular formula is C17H21ClN2. The van der Waals surface area contributed by atoms with E-state index in [-0.39, 0.29) is 0 Å². The van der Waals surface area contributed by atoms with Crippen molar-refractivity contribution in [3.05, 3.63) is 36.5 Å². The van der Waals surface area contributed by atoms with E-state index in [1.165, 1.54) is 42.9 Å². The van der Waals surface area contributed by atoms with E-state index < -0.39 is 0 Å². The fourth-order valence-electron chi connectivity index (χ4n) is 3.28. The van der Waals surface area contributed by atoms with Crippen LogP contribution in [-0.4, -0.2) is 23.5 Å². The van der Waals surface area contributed by atoms with Crippen LogP contribution in [0.2, 0.25) is 0 Å². The highest BCUT2D eigenvalue weighted by Gasteiger charge is 2.23. The summed E-state index contributed by atoms with van der Waals surface area (Å²) in [6, 6.07) is 11.2. The van der Waals surface area contributed by atoms with Crippen LogP contribution in [0.25, 0.3) is 10.8 Å². The number of alkyl halides is 1. The van der Waals surface area contributed by atoms with Crippen molar-refractivity contribution in [3.63, 3.8) is 0 Å². The zero-order valence-electron chi connectivity index (χ0n) is 11.8. The lowest BCUT2D eigenvalue weighted by Gasteiger charge is -2.35. The van der Waals surface area contributed by atoms with Crippen molar-refractivity contribution in [1.29, 1.82) is 0 Å². The van der Waals surface area contributed by atoms with Gasteiger partial charge in [0.2, 0.25) is 0 Å². The maximum absolute atomic E-state index is 6.05. The highest BCUT2D eigenvalue weighted by molar-refractivity contribution is 6.18. The van der Waals surface area contributed by atoms with Gasteiger partial charge in [-0.3, -0.25) is 0 Å². The molecule has 1 saturated carbocycles. The molecule has 3 rings (SSSR count). The second-order valence-corrected chi connectivity index (χ2v) is 5.91. The first-order valence-corrected chi connectivity index (χ1v) is 8.10. The highest BCUT2D eigenvalue weighted by Crippen LogP contribution is 2.30. The Labute approximate surface area is 125 Å². The van der Waals surface area contributed by atoms with Crippen molar-refractivity contribution >= 4 is 28.2 Å². The van der Waals surface area contributed by atoms with Crippen molar-refractivity contribution in [1.82, 2.24) is 4.98 Å². The number of nitrogens with zero attached hydrogens (tertiary/aromatic N) is 2. The number of benzene rings is 1. The van der Waals surface area contributed by atoms with Crippen LogP contribution in [0.5, 0.6) is 0 Å². The lowest BCUT2D eigenvalue weighted by Crippen LogP contribution is -2.38. The Balaban J connectivity index is 2.00. The average molecular weight is 289 g/mol. The number of rotatable bonds is 4. The molecule has 0 atom stereocenters. The van der Waals surface area contributed by atoms with Crippen LogP contribution in [-0.2, 0) is 0 Å². The van der Waals surface area contributed by atoms with Gasteiger partial charge in [0.15, 0.2) is 0 Å². The summed E-state index contributed by atoms with van der Waals surface area (Å²) in [7, 11) is 0. The molecule has 1 aromatic heterocycles. The topological polar surface area (TPSA) is 16.1 Å². The van der Waals surface area contributed by atoms with Gasteiger partial charge in [-0.25, -0.2) is 4.98 Å². The second kappa shape index (κ2) is 6.45. The maximum atomic E-state index is 6.05. The molecule has 0 spiro atoms. The van der Waals surface area contributed by atoms with Gasteiger partial charge >= 0.3 is 0 Å². The average Bonchev–Trinajstić information content (AvgIpc) is 2.53. The maximum Gasteiger partial charge on any atom is 0.136 e. The summed E-state index contributed by atoms with van der Waals surface area (Å²) in [5.41, 5.74) is 0. The minimum atomic E-state index is 0.598. The van der Waals surface area contributed by atoms with E-state index in [1.807, 2.05) is 6.20 Å². The second-order valence-electron chi connectivity index (χ2n) is 5.53. The summed E-state index contributed by atoms with van der Waals surface area (Å²) in [4.78, 5) is 7.11. The third-order valence-corrected chi connectivity index (χ3v) is 4.43. The molecule has 106 valence electrons. The van der Waals surface area contributed by atoms with Gasteiger partial charge in [-0.1, -0.05) is 43.5 Å². The number of aromatic nitrogens is 1. The monoisotopic (exact) mass is 288 g/mol. The van der Waals surface area contributed by atoms with Crippen LogP contribution < -0.4 is 4.90 Å². The fourth-order valence-corrected chi connectivity index (χ4v) is 3.46. The molecule has 20 heavy (non-hydrogen) atoms. The van der Waals surface area contributed by atoms with Gasteiger partial charge in [0.05, 0.1) is 0 Å². The largest absolute Gasteiger partial charge is 0.352 e. The number of hydrogen-bond acceptors (Lipinski definition) is 2. The fraction of sp³-hybridized carbons (Fsp3) is 0.471. The number of hydrogen-bond donors (Lipinski definition) is 0. The Hall–Kier alpha value is -1.28. The molecule has 1 heterocycles. The van der Waals surface area contributed by atoms with Gasteiger partial charge in [-0.15, -0.1) is 11.6 Å². The quantitative estimate of drug-likeness (QED) is 0.764. The molecule has 3 heteroatoms. The molecule has 1 aromatic carbocycles. The molecule has 2 aromatic rings. The Morgan fingerprint density at radius 2 is 1.90 bits per heavy atom.